The van der Waals surface area contributed by atoms with Crippen molar-refractivity contribution in [1.82, 2.24) is 19.1 Å². The molecule has 4 heteroatoms. The van der Waals surface area contributed by atoms with E-state index in [1.807, 2.05) is 6.20 Å². The molecule has 0 saturated heterocycles. The van der Waals surface area contributed by atoms with E-state index in [9.17, 15) is 0 Å². The van der Waals surface area contributed by atoms with Gasteiger partial charge in [-0.1, -0.05) is 78.9 Å². The van der Waals surface area contributed by atoms with Crippen molar-refractivity contribution in [2.45, 2.75) is 6.92 Å². The molecule has 0 unspecified atom stereocenters. The smallest absolute Gasteiger partial charge is 0.146 e. The average Bonchev–Trinajstić information content (AvgIpc) is 3.62. The van der Waals surface area contributed by atoms with E-state index in [0.29, 0.717) is 0 Å². The number of hydrogen-bond donors (Lipinski definition) is 0. The first kappa shape index (κ1) is 25.5. The van der Waals surface area contributed by atoms with Gasteiger partial charge < -0.3 is 4.57 Å². The van der Waals surface area contributed by atoms with Crippen molar-refractivity contribution in [2.24, 2.45) is 0 Å². The first-order valence-corrected chi connectivity index (χ1v) is 15.3. The molecule has 212 valence electrons. The summed E-state index contributed by atoms with van der Waals surface area (Å²) in [6.07, 6.45) is 1.92. The van der Waals surface area contributed by atoms with Crippen LogP contribution in [0.1, 0.15) is 5.56 Å². The Bertz CT molecular complexity index is 2520. The minimum Gasteiger partial charge on any atom is -0.309 e. The van der Waals surface area contributed by atoms with Crippen molar-refractivity contribution >= 4 is 43.7 Å². The molecule has 45 heavy (non-hydrogen) atoms. The molecule has 0 aliphatic rings. The number of para-hydroxylation sites is 3. The van der Waals surface area contributed by atoms with Gasteiger partial charge in [0.15, 0.2) is 0 Å². The van der Waals surface area contributed by atoms with Crippen LogP contribution in [0, 0.1) is 6.92 Å². The third-order valence-corrected chi connectivity index (χ3v) is 8.81. The number of nitrogens with zero attached hydrogens (tertiary/aromatic N) is 4. The summed E-state index contributed by atoms with van der Waals surface area (Å²) in [6.45, 7) is 2.06. The minimum atomic E-state index is 0.930. The number of rotatable bonds is 4. The molecule has 0 atom stereocenters. The second-order valence-corrected chi connectivity index (χ2v) is 11.6. The van der Waals surface area contributed by atoms with Gasteiger partial charge in [-0.2, -0.15) is 0 Å². The lowest BCUT2D eigenvalue weighted by molar-refractivity contribution is 1.14. The molecule has 5 aromatic carbocycles. The Morgan fingerprint density at radius 3 is 1.82 bits per heavy atom. The molecule has 0 spiro atoms. The molecule has 0 aliphatic carbocycles. The fourth-order valence-corrected chi connectivity index (χ4v) is 6.77. The van der Waals surface area contributed by atoms with Gasteiger partial charge in [0.2, 0.25) is 0 Å². The Balaban J connectivity index is 1.35. The number of aryl methyl sites for hydroxylation is 1. The van der Waals surface area contributed by atoms with E-state index in [1.165, 1.54) is 27.2 Å². The maximum absolute atomic E-state index is 5.40. The Morgan fingerprint density at radius 1 is 0.467 bits per heavy atom. The molecular formula is C41H28N4. The summed E-state index contributed by atoms with van der Waals surface area (Å²) in [5.74, 6) is 0. The maximum Gasteiger partial charge on any atom is 0.146 e. The summed E-state index contributed by atoms with van der Waals surface area (Å²) in [7, 11) is 0. The van der Waals surface area contributed by atoms with Crippen molar-refractivity contribution in [3.8, 4) is 33.9 Å². The lowest BCUT2D eigenvalue weighted by Crippen LogP contribution is -1.96. The van der Waals surface area contributed by atoms with Gasteiger partial charge in [0, 0.05) is 50.2 Å². The number of benzene rings is 5. The minimum absolute atomic E-state index is 0.930. The van der Waals surface area contributed by atoms with Gasteiger partial charge in [0.05, 0.1) is 27.9 Å². The average molecular weight is 577 g/mol. The SMILES string of the molecule is Cc1ccc(-c2cccc(-c3ccc4c5c6c7ccccc7n(-c7ccccc7)c6ccc5n(-c5ccccc5)c4n3)c2)nc1. The topological polar surface area (TPSA) is 35.6 Å². The quantitative estimate of drug-likeness (QED) is 0.209. The molecule has 0 bridgehead atoms. The molecule has 4 nitrogen and oxygen atoms in total. The van der Waals surface area contributed by atoms with Crippen LogP contribution in [0.3, 0.4) is 0 Å². The molecule has 9 rings (SSSR count). The summed E-state index contributed by atoms with van der Waals surface area (Å²) in [6, 6.07) is 51.6. The van der Waals surface area contributed by atoms with Crippen molar-refractivity contribution < 1.29 is 0 Å². The van der Waals surface area contributed by atoms with Crippen LogP contribution in [-0.4, -0.2) is 19.1 Å². The number of pyridine rings is 2. The van der Waals surface area contributed by atoms with E-state index in [2.05, 4.69) is 167 Å². The fraction of sp³-hybridized carbons (Fsp3) is 0.0244. The summed E-state index contributed by atoms with van der Waals surface area (Å²) in [4.78, 5) is 10.1. The van der Waals surface area contributed by atoms with Gasteiger partial charge in [-0.05, 0) is 79.2 Å². The van der Waals surface area contributed by atoms with Gasteiger partial charge in [0.1, 0.15) is 5.65 Å². The van der Waals surface area contributed by atoms with Crippen LogP contribution in [0.15, 0.2) is 152 Å². The van der Waals surface area contributed by atoms with E-state index in [1.54, 1.807) is 0 Å². The zero-order valence-electron chi connectivity index (χ0n) is 24.7. The molecule has 4 heterocycles. The van der Waals surface area contributed by atoms with E-state index in [0.717, 1.165) is 56.0 Å². The largest absolute Gasteiger partial charge is 0.309 e. The number of hydrogen-bond acceptors (Lipinski definition) is 2. The zero-order valence-corrected chi connectivity index (χ0v) is 24.7. The highest BCUT2D eigenvalue weighted by molar-refractivity contribution is 6.28. The Labute approximate surface area is 260 Å². The normalized spacial score (nSPS) is 11.7. The third-order valence-electron chi connectivity index (χ3n) is 8.81. The molecule has 4 aromatic heterocycles. The maximum atomic E-state index is 5.40. The summed E-state index contributed by atoms with van der Waals surface area (Å²) >= 11 is 0. The van der Waals surface area contributed by atoms with E-state index < -0.39 is 0 Å². The molecule has 9 aromatic rings. The molecule has 0 fully saturated rings. The van der Waals surface area contributed by atoms with Crippen LogP contribution in [0.25, 0.3) is 77.6 Å². The molecule has 0 radical (unpaired) electrons. The highest BCUT2D eigenvalue weighted by atomic mass is 15.1. The predicted molar refractivity (Wildman–Crippen MR) is 186 cm³/mol. The van der Waals surface area contributed by atoms with Crippen LogP contribution >= 0.6 is 0 Å². The van der Waals surface area contributed by atoms with E-state index in [4.69, 9.17) is 4.98 Å². The highest BCUT2D eigenvalue weighted by Gasteiger charge is 2.21. The summed E-state index contributed by atoms with van der Waals surface area (Å²) in [5.41, 5.74) is 11.9. The van der Waals surface area contributed by atoms with Crippen LogP contribution in [0.5, 0.6) is 0 Å². The molecule has 0 N–H and O–H groups in total. The van der Waals surface area contributed by atoms with Crippen LogP contribution in [0.2, 0.25) is 0 Å². The Kier molecular flexibility index (Phi) is 5.69. The highest BCUT2D eigenvalue weighted by Crippen LogP contribution is 2.42. The molecule has 0 amide bonds. The van der Waals surface area contributed by atoms with Gasteiger partial charge in [-0.15, -0.1) is 0 Å². The van der Waals surface area contributed by atoms with Gasteiger partial charge in [0.25, 0.3) is 0 Å². The van der Waals surface area contributed by atoms with Gasteiger partial charge in [-0.25, -0.2) is 4.98 Å². The number of aromatic nitrogens is 4. The molecular weight excluding hydrogens is 548 g/mol. The van der Waals surface area contributed by atoms with Crippen LogP contribution in [-0.2, 0) is 0 Å². The van der Waals surface area contributed by atoms with Crippen LogP contribution in [0.4, 0.5) is 0 Å². The lowest BCUT2D eigenvalue weighted by Gasteiger charge is -2.09. The van der Waals surface area contributed by atoms with Crippen molar-refractivity contribution in [1.29, 1.82) is 0 Å². The van der Waals surface area contributed by atoms with Gasteiger partial charge >= 0.3 is 0 Å². The molecule has 0 aliphatic heterocycles. The van der Waals surface area contributed by atoms with Gasteiger partial charge in [-0.3, -0.25) is 9.55 Å². The third kappa shape index (κ3) is 4.00. The van der Waals surface area contributed by atoms with Crippen molar-refractivity contribution in [3.05, 3.63) is 157 Å². The van der Waals surface area contributed by atoms with Crippen molar-refractivity contribution in [3.63, 3.8) is 0 Å². The van der Waals surface area contributed by atoms with Crippen molar-refractivity contribution in [2.75, 3.05) is 0 Å². The van der Waals surface area contributed by atoms with E-state index >= 15 is 0 Å². The molecule has 0 saturated carbocycles. The second kappa shape index (κ2) is 10.0. The first-order valence-electron chi connectivity index (χ1n) is 15.3. The second-order valence-electron chi connectivity index (χ2n) is 11.6. The lowest BCUT2D eigenvalue weighted by atomic mass is 10.0. The predicted octanol–water partition coefficient (Wildman–Crippen LogP) is 10.3. The summed E-state index contributed by atoms with van der Waals surface area (Å²) in [5, 5.41) is 4.83. The summed E-state index contributed by atoms with van der Waals surface area (Å²) < 4.78 is 4.69. The Morgan fingerprint density at radius 2 is 1.09 bits per heavy atom. The van der Waals surface area contributed by atoms with E-state index in [-0.39, 0.29) is 0 Å². The Hall–Kier alpha value is -6.00. The number of fused-ring (bicyclic) bond motifs is 7. The fourth-order valence-electron chi connectivity index (χ4n) is 6.77. The van der Waals surface area contributed by atoms with Crippen LogP contribution < -0.4 is 0 Å². The monoisotopic (exact) mass is 576 g/mol. The zero-order chi connectivity index (χ0) is 29.9. The standard InChI is InChI=1S/C41H28N4/c1-27-19-21-34(42-26-27)28-11-10-12-29(25-28)35-22-20-33-40-38(45(41(33)43-35)31-15-6-3-7-16-31)24-23-37-39(40)32-17-8-9-18-36(32)44(37)30-13-4-2-5-14-30/h2-26H,1H3. The first-order chi connectivity index (χ1) is 22.2.